The Hall–Kier alpha value is -1.34. The number of nitrogens with zero attached hydrogens (tertiary/aromatic N) is 3. The number of likely N-dealkylation sites (tertiary alicyclic amines) is 1. The largest absolute Gasteiger partial charge is 0.384 e. The minimum atomic E-state index is 0.0542. The summed E-state index contributed by atoms with van der Waals surface area (Å²) in [4.78, 5) is 23.0. The van der Waals surface area contributed by atoms with Crippen molar-refractivity contribution in [3.05, 3.63) is 11.8 Å². The number of carbonyl (C=O) groups is 1. The molecule has 3 rings (SSSR count). The Morgan fingerprint density at radius 3 is 2.73 bits per heavy atom. The maximum Gasteiger partial charge on any atom is 0.230 e. The lowest BCUT2D eigenvalue weighted by Crippen LogP contribution is -2.45. The van der Waals surface area contributed by atoms with Crippen LogP contribution in [0, 0.1) is 6.92 Å². The van der Waals surface area contributed by atoms with E-state index in [-0.39, 0.29) is 5.91 Å². The van der Waals surface area contributed by atoms with Crippen molar-refractivity contribution >= 4 is 23.5 Å². The smallest absolute Gasteiger partial charge is 0.230 e. The fourth-order valence-corrected chi connectivity index (χ4v) is 3.60. The molecule has 0 unspecified atom stereocenters. The van der Waals surface area contributed by atoms with Crippen LogP contribution < -0.4 is 11.1 Å². The number of anilines is 1. The second-order valence-electron chi connectivity index (χ2n) is 6.11. The number of nitrogen functional groups attached to an aromatic ring is 1. The highest BCUT2D eigenvalue weighted by molar-refractivity contribution is 7.99. The number of amides is 1. The standard InChI is InChI=1S/C15H23N5OS/c1-10-8-13(16)19-15(17-10)22-9-14(21)18-11-4-6-20(7-5-11)12-2-3-12/h8,11-12H,2-7,9H2,1H3,(H,18,21)(H2,16,17,19). The number of hydrogen-bond donors (Lipinski definition) is 2. The van der Waals surface area contributed by atoms with Crippen LogP contribution >= 0.6 is 11.8 Å². The third-order valence-corrected chi connectivity index (χ3v) is 4.99. The number of aryl methyl sites for hydroxylation is 1. The van der Waals surface area contributed by atoms with E-state index in [0.717, 1.165) is 37.7 Å². The first-order chi connectivity index (χ1) is 10.6. The van der Waals surface area contributed by atoms with Gasteiger partial charge in [0.1, 0.15) is 5.82 Å². The number of aromatic nitrogens is 2. The number of nitrogens with two attached hydrogens (primary N) is 1. The minimum absolute atomic E-state index is 0.0542. The molecule has 0 aromatic carbocycles. The van der Waals surface area contributed by atoms with Gasteiger partial charge in [0.15, 0.2) is 5.16 Å². The molecule has 22 heavy (non-hydrogen) atoms. The van der Waals surface area contributed by atoms with Gasteiger partial charge in [-0.25, -0.2) is 9.97 Å². The van der Waals surface area contributed by atoms with Gasteiger partial charge < -0.3 is 16.0 Å². The number of carbonyl (C=O) groups excluding carboxylic acids is 1. The third kappa shape index (κ3) is 4.33. The van der Waals surface area contributed by atoms with E-state index in [9.17, 15) is 4.79 Å². The summed E-state index contributed by atoms with van der Waals surface area (Å²) in [5.74, 6) is 0.840. The van der Waals surface area contributed by atoms with Gasteiger partial charge in [0.2, 0.25) is 5.91 Å². The molecule has 120 valence electrons. The molecule has 1 aromatic rings. The molecule has 2 heterocycles. The van der Waals surface area contributed by atoms with Crippen LogP contribution in [0.1, 0.15) is 31.4 Å². The predicted molar refractivity (Wildman–Crippen MR) is 87.7 cm³/mol. The zero-order valence-electron chi connectivity index (χ0n) is 12.9. The van der Waals surface area contributed by atoms with Crippen LogP contribution in [-0.4, -0.2) is 51.7 Å². The van der Waals surface area contributed by atoms with Crippen LogP contribution in [-0.2, 0) is 4.79 Å². The number of piperidine rings is 1. The minimum Gasteiger partial charge on any atom is -0.384 e. The van der Waals surface area contributed by atoms with E-state index in [1.807, 2.05) is 6.92 Å². The molecule has 7 heteroatoms. The summed E-state index contributed by atoms with van der Waals surface area (Å²) in [6, 6.07) is 2.86. The van der Waals surface area contributed by atoms with Gasteiger partial charge in [-0.15, -0.1) is 0 Å². The molecule has 0 bridgehead atoms. The Morgan fingerprint density at radius 2 is 2.09 bits per heavy atom. The highest BCUT2D eigenvalue weighted by Crippen LogP contribution is 2.29. The number of hydrogen-bond acceptors (Lipinski definition) is 6. The monoisotopic (exact) mass is 321 g/mol. The fraction of sp³-hybridized carbons (Fsp3) is 0.667. The van der Waals surface area contributed by atoms with Gasteiger partial charge in [0.25, 0.3) is 0 Å². The maximum atomic E-state index is 12.0. The Labute approximate surface area is 135 Å². The summed E-state index contributed by atoms with van der Waals surface area (Å²) >= 11 is 1.34. The lowest BCUT2D eigenvalue weighted by atomic mass is 10.1. The molecule has 1 aliphatic heterocycles. The van der Waals surface area contributed by atoms with E-state index in [2.05, 4.69) is 20.2 Å². The van der Waals surface area contributed by atoms with Crippen molar-refractivity contribution in [3.63, 3.8) is 0 Å². The molecular weight excluding hydrogens is 298 g/mol. The van der Waals surface area contributed by atoms with Gasteiger partial charge in [-0.05, 0) is 32.6 Å². The molecule has 1 saturated heterocycles. The Bertz CT molecular complexity index is 520. The van der Waals surface area contributed by atoms with Crippen molar-refractivity contribution in [2.75, 3.05) is 24.6 Å². The zero-order chi connectivity index (χ0) is 15.5. The van der Waals surface area contributed by atoms with Gasteiger partial charge in [-0.1, -0.05) is 11.8 Å². The Morgan fingerprint density at radius 1 is 1.36 bits per heavy atom. The highest BCUT2D eigenvalue weighted by Gasteiger charge is 2.32. The lowest BCUT2D eigenvalue weighted by Gasteiger charge is -2.32. The molecule has 1 amide bonds. The molecule has 1 aromatic heterocycles. The summed E-state index contributed by atoms with van der Waals surface area (Å²) in [5, 5.41) is 3.69. The van der Waals surface area contributed by atoms with Gasteiger partial charge in [-0.2, -0.15) is 0 Å². The van der Waals surface area contributed by atoms with Gasteiger partial charge in [0, 0.05) is 36.9 Å². The Balaban J connectivity index is 1.40. The normalized spacial score (nSPS) is 20.0. The number of rotatable bonds is 5. The summed E-state index contributed by atoms with van der Waals surface area (Å²) < 4.78 is 0. The van der Waals surface area contributed by atoms with Gasteiger partial charge in [-0.3, -0.25) is 4.79 Å². The molecular formula is C15H23N5OS. The van der Waals surface area contributed by atoms with E-state index in [1.54, 1.807) is 6.07 Å². The van der Waals surface area contributed by atoms with Crippen molar-refractivity contribution in [1.82, 2.24) is 20.2 Å². The molecule has 3 N–H and O–H groups in total. The molecule has 2 aliphatic rings. The first kappa shape index (κ1) is 15.6. The highest BCUT2D eigenvalue weighted by atomic mass is 32.2. The summed E-state index contributed by atoms with van der Waals surface area (Å²) in [6.07, 6.45) is 4.82. The van der Waals surface area contributed by atoms with Crippen LogP contribution in [0.2, 0.25) is 0 Å². The van der Waals surface area contributed by atoms with Crippen LogP contribution in [0.5, 0.6) is 0 Å². The first-order valence-corrected chi connectivity index (χ1v) is 8.86. The second-order valence-corrected chi connectivity index (χ2v) is 7.06. The quantitative estimate of drug-likeness (QED) is 0.626. The van der Waals surface area contributed by atoms with Gasteiger partial charge in [0.05, 0.1) is 5.75 Å². The molecule has 0 atom stereocenters. The van der Waals surface area contributed by atoms with Crippen molar-refractivity contribution in [2.24, 2.45) is 0 Å². The number of nitrogens with one attached hydrogen (secondary N) is 1. The maximum absolute atomic E-state index is 12.0. The number of thioether (sulfide) groups is 1. The van der Waals surface area contributed by atoms with Crippen LogP contribution in [0.3, 0.4) is 0 Å². The summed E-state index contributed by atoms with van der Waals surface area (Å²) in [5.41, 5.74) is 6.51. The average Bonchev–Trinajstić information content (AvgIpc) is 3.30. The predicted octanol–water partition coefficient (Wildman–Crippen LogP) is 1.20. The van der Waals surface area contributed by atoms with E-state index in [1.165, 1.54) is 24.6 Å². The van der Waals surface area contributed by atoms with Crippen molar-refractivity contribution < 1.29 is 4.79 Å². The molecule has 0 radical (unpaired) electrons. The van der Waals surface area contributed by atoms with Crippen molar-refractivity contribution in [3.8, 4) is 0 Å². The van der Waals surface area contributed by atoms with Crippen LogP contribution in [0.4, 0.5) is 5.82 Å². The lowest BCUT2D eigenvalue weighted by molar-refractivity contribution is -0.119. The topological polar surface area (TPSA) is 84.1 Å². The molecule has 2 fully saturated rings. The van der Waals surface area contributed by atoms with Crippen molar-refractivity contribution in [2.45, 2.75) is 49.8 Å². The molecule has 1 aliphatic carbocycles. The average molecular weight is 321 g/mol. The van der Waals surface area contributed by atoms with E-state index < -0.39 is 0 Å². The van der Waals surface area contributed by atoms with Gasteiger partial charge >= 0.3 is 0 Å². The van der Waals surface area contributed by atoms with Crippen LogP contribution in [0.25, 0.3) is 0 Å². The first-order valence-electron chi connectivity index (χ1n) is 7.87. The van der Waals surface area contributed by atoms with E-state index in [0.29, 0.717) is 22.8 Å². The molecule has 6 nitrogen and oxygen atoms in total. The van der Waals surface area contributed by atoms with Crippen LogP contribution in [0.15, 0.2) is 11.2 Å². The Kier molecular flexibility index (Phi) is 4.83. The second kappa shape index (κ2) is 6.83. The molecule has 1 saturated carbocycles. The van der Waals surface area contributed by atoms with E-state index >= 15 is 0 Å². The zero-order valence-corrected chi connectivity index (χ0v) is 13.7. The fourth-order valence-electron chi connectivity index (χ4n) is 2.88. The van der Waals surface area contributed by atoms with E-state index in [4.69, 9.17) is 5.73 Å². The SMILES string of the molecule is Cc1cc(N)nc(SCC(=O)NC2CCN(C3CC3)CC2)n1. The third-order valence-electron chi connectivity index (χ3n) is 4.14. The van der Waals surface area contributed by atoms with Crippen molar-refractivity contribution in [1.29, 1.82) is 0 Å². The molecule has 0 spiro atoms. The summed E-state index contributed by atoms with van der Waals surface area (Å²) in [6.45, 7) is 4.09. The summed E-state index contributed by atoms with van der Waals surface area (Å²) in [7, 11) is 0.